The number of ether oxygens (including phenoxy) is 1. The van der Waals surface area contributed by atoms with Gasteiger partial charge in [-0.15, -0.1) is 0 Å². The lowest BCUT2D eigenvalue weighted by Crippen LogP contribution is -2.29. The number of para-hydroxylation sites is 2. The summed E-state index contributed by atoms with van der Waals surface area (Å²) in [5.41, 5.74) is 1.73. The van der Waals surface area contributed by atoms with Gasteiger partial charge in [-0.05, 0) is 25.0 Å². The number of carbonyl (C=O) groups excluding carboxylic acids is 1. The minimum Gasteiger partial charge on any atom is -0.460 e. The second kappa shape index (κ2) is 9.52. The van der Waals surface area contributed by atoms with Crippen LogP contribution >= 0.6 is 0 Å². The van der Waals surface area contributed by atoms with Gasteiger partial charge in [0.25, 0.3) is 0 Å². The average molecular weight is 352 g/mol. The quantitative estimate of drug-likeness (QED) is 0.507. The summed E-state index contributed by atoms with van der Waals surface area (Å²) in [5, 5.41) is 9.62. The number of esters is 1. The Hall–Kier alpha value is -2.94. The first-order valence-corrected chi connectivity index (χ1v) is 8.85. The Balaban J connectivity index is 2.59. The maximum absolute atomic E-state index is 12.4. The monoisotopic (exact) mass is 352 g/mol. The molecule has 1 unspecified atom stereocenters. The van der Waals surface area contributed by atoms with Gasteiger partial charge in [-0.25, -0.2) is 9.97 Å². The lowest BCUT2D eigenvalue weighted by atomic mass is 10.1. The van der Waals surface area contributed by atoms with Gasteiger partial charge in [-0.3, -0.25) is 4.79 Å². The third kappa shape index (κ3) is 4.37. The Kier molecular flexibility index (Phi) is 7.10. The highest BCUT2D eigenvalue weighted by atomic mass is 16.5. The molecule has 136 valence electrons. The zero-order valence-corrected chi connectivity index (χ0v) is 15.3. The van der Waals surface area contributed by atoms with Crippen molar-refractivity contribution in [1.82, 2.24) is 9.97 Å². The van der Waals surface area contributed by atoms with Crippen LogP contribution in [0.25, 0.3) is 11.0 Å². The predicted molar refractivity (Wildman–Crippen MR) is 102 cm³/mol. The lowest BCUT2D eigenvalue weighted by Gasteiger charge is -2.25. The van der Waals surface area contributed by atoms with Crippen LogP contribution in [0.15, 0.2) is 36.9 Å². The van der Waals surface area contributed by atoms with E-state index in [2.05, 4.69) is 30.3 Å². The number of nitrogens with zero attached hydrogens (tertiary/aromatic N) is 4. The number of benzene rings is 1. The molecule has 2 rings (SSSR count). The molecule has 0 saturated heterocycles. The van der Waals surface area contributed by atoms with E-state index < -0.39 is 11.9 Å². The summed E-state index contributed by atoms with van der Waals surface area (Å²) in [5.74, 6) is -1.18. The molecule has 2 aromatic rings. The van der Waals surface area contributed by atoms with E-state index in [0.29, 0.717) is 17.0 Å². The topological polar surface area (TPSA) is 79.1 Å². The van der Waals surface area contributed by atoms with Crippen LogP contribution in [0.1, 0.15) is 38.3 Å². The van der Waals surface area contributed by atoms with E-state index >= 15 is 0 Å². The fourth-order valence-electron chi connectivity index (χ4n) is 2.74. The van der Waals surface area contributed by atoms with Crippen LogP contribution in [-0.2, 0) is 9.53 Å². The second-order valence-electron chi connectivity index (χ2n) is 5.89. The fourth-order valence-corrected chi connectivity index (χ4v) is 2.74. The number of hydrogen-bond donors (Lipinski definition) is 0. The van der Waals surface area contributed by atoms with Crippen LogP contribution in [0.2, 0.25) is 0 Å². The molecule has 6 heteroatoms. The van der Waals surface area contributed by atoms with E-state index in [4.69, 9.17) is 9.72 Å². The van der Waals surface area contributed by atoms with Crippen molar-refractivity contribution in [3.8, 4) is 6.07 Å². The van der Waals surface area contributed by atoms with Crippen LogP contribution in [0.3, 0.4) is 0 Å². The number of nitriles is 1. The third-order valence-corrected chi connectivity index (χ3v) is 3.85. The third-order valence-electron chi connectivity index (χ3n) is 3.85. The molecule has 0 radical (unpaired) electrons. The highest BCUT2D eigenvalue weighted by Crippen LogP contribution is 2.28. The molecule has 0 aliphatic heterocycles. The average Bonchev–Trinajstić information content (AvgIpc) is 2.66. The minimum absolute atomic E-state index is 0.0565. The molecule has 1 aromatic heterocycles. The molecule has 0 aliphatic carbocycles. The van der Waals surface area contributed by atoms with Crippen molar-refractivity contribution in [3.63, 3.8) is 0 Å². The first kappa shape index (κ1) is 19.4. The van der Waals surface area contributed by atoms with Gasteiger partial charge in [0.15, 0.2) is 11.7 Å². The summed E-state index contributed by atoms with van der Waals surface area (Å²) in [6, 6.07) is 9.48. The molecule has 26 heavy (non-hydrogen) atoms. The molecule has 0 saturated carbocycles. The highest BCUT2D eigenvalue weighted by Gasteiger charge is 2.29. The molecule has 1 aromatic carbocycles. The van der Waals surface area contributed by atoms with Crippen molar-refractivity contribution in [2.75, 3.05) is 24.6 Å². The maximum atomic E-state index is 12.4. The summed E-state index contributed by atoms with van der Waals surface area (Å²) >= 11 is 0. The molecule has 0 N–H and O–H groups in total. The summed E-state index contributed by atoms with van der Waals surface area (Å²) < 4.78 is 5.10. The van der Waals surface area contributed by atoms with Crippen LogP contribution in [0.5, 0.6) is 0 Å². The number of anilines is 1. The number of aromatic nitrogens is 2. The SMILES string of the molecule is C=CCOC(=O)C(C#N)c1nc2ccccc2nc1N(CCC)CCC. The number of fused-ring (bicyclic) bond motifs is 1. The molecule has 1 atom stereocenters. The van der Waals surface area contributed by atoms with Gasteiger partial charge >= 0.3 is 5.97 Å². The van der Waals surface area contributed by atoms with Crippen molar-refractivity contribution in [2.45, 2.75) is 32.6 Å². The van der Waals surface area contributed by atoms with Gasteiger partial charge in [0.2, 0.25) is 0 Å². The smallest absolute Gasteiger partial charge is 0.330 e. The Bertz CT molecular complexity index is 807. The van der Waals surface area contributed by atoms with Crippen LogP contribution in [0, 0.1) is 11.3 Å². The van der Waals surface area contributed by atoms with E-state index in [1.807, 2.05) is 30.3 Å². The van der Waals surface area contributed by atoms with E-state index in [1.54, 1.807) is 0 Å². The maximum Gasteiger partial charge on any atom is 0.330 e. The summed E-state index contributed by atoms with van der Waals surface area (Å²) in [6.45, 7) is 9.29. The predicted octanol–water partition coefficient (Wildman–Crippen LogP) is 3.59. The molecule has 1 heterocycles. The van der Waals surface area contributed by atoms with Gasteiger partial charge in [0, 0.05) is 13.1 Å². The molecule has 0 fully saturated rings. The van der Waals surface area contributed by atoms with Crippen LogP contribution in [-0.4, -0.2) is 35.6 Å². The van der Waals surface area contributed by atoms with Crippen molar-refractivity contribution >= 4 is 22.8 Å². The lowest BCUT2D eigenvalue weighted by molar-refractivity contribution is -0.142. The van der Waals surface area contributed by atoms with Gasteiger partial charge < -0.3 is 9.64 Å². The second-order valence-corrected chi connectivity index (χ2v) is 5.89. The van der Waals surface area contributed by atoms with Gasteiger partial charge in [-0.2, -0.15) is 5.26 Å². The molecule has 0 spiro atoms. The summed E-state index contributed by atoms with van der Waals surface area (Å²) in [4.78, 5) is 23.8. The van der Waals surface area contributed by atoms with Crippen molar-refractivity contribution in [1.29, 1.82) is 5.26 Å². The van der Waals surface area contributed by atoms with Gasteiger partial charge in [0.1, 0.15) is 12.3 Å². The molecule has 0 aliphatic rings. The summed E-state index contributed by atoms with van der Waals surface area (Å²) in [7, 11) is 0. The Morgan fingerprint density at radius 1 is 1.27 bits per heavy atom. The number of carbonyl (C=O) groups is 1. The normalized spacial score (nSPS) is 11.6. The standard InChI is InChI=1S/C20H24N4O2/c1-4-11-24(12-5-2)19-18(15(14-21)20(25)26-13-6-3)22-16-9-7-8-10-17(16)23-19/h6-10,15H,3-5,11-13H2,1-2H3. The van der Waals surface area contributed by atoms with E-state index in [0.717, 1.165) is 31.4 Å². The molecule has 6 nitrogen and oxygen atoms in total. The van der Waals surface area contributed by atoms with Gasteiger partial charge in [0.05, 0.1) is 17.1 Å². The fraction of sp³-hybridized carbons (Fsp3) is 0.400. The molecule has 0 amide bonds. The van der Waals surface area contributed by atoms with Crippen molar-refractivity contribution in [2.24, 2.45) is 0 Å². The number of hydrogen-bond acceptors (Lipinski definition) is 6. The Morgan fingerprint density at radius 2 is 1.88 bits per heavy atom. The highest BCUT2D eigenvalue weighted by molar-refractivity contribution is 5.85. The molecular formula is C20H24N4O2. The van der Waals surface area contributed by atoms with Gasteiger partial charge in [-0.1, -0.05) is 38.6 Å². The van der Waals surface area contributed by atoms with Crippen molar-refractivity contribution < 1.29 is 9.53 Å². The zero-order chi connectivity index (χ0) is 18.9. The minimum atomic E-state index is -1.13. The molecular weight excluding hydrogens is 328 g/mol. The largest absolute Gasteiger partial charge is 0.460 e. The molecule has 0 bridgehead atoms. The van der Waals surface area contributed by atoms with Crippen LogP contribution in [0.4, 0.5) is 5.82 Å². The zero-order valence-electron chi connectivity index (χ0n) is 15.3. The summed E-state index contributed by atoms with van der Waals surface area (Å²) in [6.07, 6.45) is 3.32. The van der Waals surface area contributed by atoms with Crippen LogP contribution < -0.4 is 4.90 Å². The van der Waals surface area contributed by atoms with Crippen molar-refractivity contribution in [3.05, 3.63) is 42.6 Å². The Labute approximate surface area is 154 Å². The van der Waals surface area contributed by atoms with E-state index in [1.165, 1.54) is 6.08 Å². The van der Waals surface area contributed by atoms with E-state index in [-0.39, 0.29) is 6.61 Å². The first-order chi connectivity index (χ1) is 12.7. The number of rotatable bonds is 9. The van der Waals surface area contributed by atoms with E-state index in [9.17, 15) is 10.1 Å². The Morgan fingerprint density at radius 3 is 2.42 bits per heavy atom. The first-order valence-electron chi connectivity index (χ1n) is 8.85.